The molecule has 1 heterocycles. The smallest absolute Gasteiger partial charge is 0.409 e. The standard InChI is InChI=1S/C18H27FN2O3/c1-3-24-18(23)21-10-8-16(9-11-21)20-13(2)12-17(22)14-4-6-15(19)7-5-14/h4-7,13,16-17,20,22H,3,8-12H2,1-2H3. The van der Waals surface area contributed by atoms with E-state index in [1.807, 2.05) is 6.92 Å². The Morgan fingerprint density at radius 3 is 2.58 bits per heavy atom. The van der Waals surface area contributed by atoms with Gasteiger partial charge in [0.25, 0.3) is 0 Å². The number of halogens is 1. The van der Waals surface area contributed by atoms with Crippen LogP contribution in [0.25, 0.3) is 0 Å². The van der Waals surface area contributed by atoms with Gasteiger partial charge in [0.15, 0.2) is 0 Å². The van der Waals surface area contributed by atoms with E-state index in [0.29, 0.717) is 32.2 Å². The Balaban J connectivity index is 1.74. The van der Waals surface area contributed by atoms with Crippen molar-refractivity contribution < 1.29 is 19.0 Å². The number of nitrogens with zero attached hydrogens (tertiary/aromatic N) is 1. The molecule has 1 aliphatic rings. The molecule has 0 radical (unpaired) electrons. The van der Waals surface area contributed by atoms with E-state index in [2.05, 4.69) is 5.32 Å². The fraction of sp³-hybridized carbons (Fsp3) is 0.611. The van der Waals surface area contributed by atoms with Crippen molar-refractivity contribution in [2.24, 2.45) is 0 Å². The molecule has 6 heteroatoms. The van der Waals surface area contributed by atoms with Crippen LogP contribution in [-0.4, -0.2) is 47.9 Å². The van der Waals surface area contributed by atoms with Crippen molar-refractivity contribution in [2.45, 2.75) is 51.3 Å². The summed E-state index contributed by atoms with van der Waals surface area (Å²) in [4.78, 5) is 13.4. The molecule has 24 heavy (non-hydrogen) atoms. The van der Waals surface area contributed by atoms with Gasteiger partial charge in [-0.3, -0.25) is 0 Å². The predicted molar refractivity (Wildman–Crippen MR) is 90.2 cm³/mol. The van der Waals surface area contributed by atoms with Gasteiger partial charge in [-0.25, -0.2) is 9.18 Å². The number of hydrogen-bond donors (Lipinski definition) is 2. The number of amides is 1. The Labute approximate surface area is 142 Å². The van der Waals surface area contributed by atoms with Crippen LogP contribution < -0.4 is 5.32 Å². The van der Waals surface area contributed by atoms with Crippen LogP contribution >= 0.6 is 0 Å². The molecule has 0 bridgehead atoms. The van der Waals surface area contributed by atoms with Crippen molar-refractivity contribution >= 4 is 6.09 Å². The predicted octanol–water partition coefficient (Wildman–Crippen LogP) is 2.85. The minimum atomic E-state index is -0.618. The van der Waals surface area contributed by atoms with Crippen molar-refractivity contribution in [1.82, 2.24) is 10.2 Å². The zero-order valence-corrected chi connectivity index (χ0v) is 14.4. The van der Waals surface area contributed by atoms with Gasteiger partial charge in [0.05, 0.1) is 12.7 Å². The van der Waals surface area contributed by atoms with Crippen molar-refractivity contribution in [3.8, 4) is 0 Å². The third-order valence-electron chi connectivity index (χ3n) is 4.37. The van der Waals surface area contributed by atoms with Crippen LogP contribution in [-0.2, 0) is 4.74 Å². The lowest BCUT2D eigenvalue weighted by Crippen LogP contribution is -2.47. The Bertz CT molecular complexity index is 516. The van der Waals surface area contributed by atoms with Gasteiger partial charge in [-0.05, 0) is 50.8 Å². The van der Waals surface area contributed by atoms with E-state index in [4.69, 9.17) is 4.74 Å². The zero-order valence-electron chi connectivity index (χ0n) is 14.4. The molecule has 1 aromatic carbocycles. The molecule has 2 N–H and O–H groups in total. The summed E-state index contributed by atoms with van der Waals surface area (Å²) in [6, 6.07) is 6.41. The fourth-order valence-electron chi connectivity index (χ4n) is 3.07. The minimum absolute atomic E-state index is 0.129. The topological polar surface area (TPSA) is 61.8 Å². The summed E-state index contributed by atoms with van der Waals surface area (Å²) in [5, 5.41) is 13.8. The molecular weight excluding hydrogens is 311 g/mol. The number of likely N-dealkylation sites (tertiary alicyclic amines) is 1. The lowest BCUT2D eigenvalue weighted by Gasteiger charge is -2.33. The third kappa shape index (κ3) is 5.46. The van der Waals surface area contributed by atoms with Gasteiger partial charge in [-0.15, -0.1) is 0 Å². The number of aliphatic hydroxyl groups is 1. The highest BCUT2D eigenvalue weighted by molar-refractivity contribution is 5.67. The number of benzene rings is 1. The Morgan fingerprint density at radius 2 is 2.00 bits per heavy atom. The molecular formula is C18H27FN2O3. The minimum Gasteiger partial charge on any atom is -0.450 e. The first-order chi connectivity index (χ1) is 11.5. The second kappa shape index (κ2) is 8.99. The fourth-order valence-corrected chi connectivity index (χ4v) is 3.07. The van der Waals surface area contributed by atoms with Gasteiger partial charge < -0.3 is 20.1 Å². The molecule has 2 atom stereocenters. The van der Waals surface area contributed by atoms with E-state index < -0.39 is 6.10 Å². The number of piperidine rings is 1. The van der Waals surface area contributed by atoms with Crippen molar-refractivity contribution in [3.63, 3.8) is 0 Å². The van der Waals surface area contributed by atoms with Crippen LogP contribution in [0.4, 0.5) is 9.18 Å². The average molecular weight is 338 g/mol. The molecule has 2 unspecified atom stereocenters. The lowest BCUT2D eigenvalue weighted by molar-refractivity contribution is 0.0929. The molecule has 1 amide bonds. The summed E-state index contributed by atoms with van der Waals surface area (Å²) >= 11 is 0. The van der Waals surface area contributed by atoms with Gasteiger partial charge in [0.2, 0.25) is 0 Å². The zero-order chi connectivity index (χ0) is 17.5. The number of rotatable bonds is 6. The van der Waals surface area contributed by atoms with E-state index in [-0.39, 0.29) is 18.0 Å². The number of hydrogen-bond acceptors (Lipinski definition) is 4. The largest absolute Gasteiger partial charge is 0.450 e. The SMILES string of the molecule is CCOC(=O)N1CCC(NC(C)CC(O)c2ccc(F)cc2)CC1. The molecule has 0 aliphatic carbocycles. The van der Waals surface area contributed by atoms with Gasteiger partial charge in [0.1, 0.15) is 5.82 Å². The van der Waals surface area contributed by atoms with E-state index in [9.17, 15) is 14.3 Å². The van der Waals surface area contributed by atoms with Crippen LogP contribution in [0, 0.1) is 5.82 Å². The second-order valence-electron chi connectivity index (χ2n) is 6.33. The average Bonchev–Trinajstić information content (AvgIpc) is 2.56. The first-order valence-corrected chi connectivity index (χ1v) is 8.61. The van der Waals surface area contributed by atoms with Crippen molar-refractivity contribution in [2.75, 3.05) is 19.7 Å². The molecule has 0 spiro atoms. The Kier molecular flexibility index (Phi) is 6.99. The highest BCUT2D eigenvalue weighted by Crippen LogP contribution is 2.20. The van der Waals surface area contributed by atoms with E-state index in [0.717, 1.165) is 18.4 Å². The first-order valence-electron chi connectivity index (χ1n) is 8.61. The van der Waals surface area contributed by atoms with Gasteiger partial charge >= 0.3 is 6.09 Å². The van der Waals surface area contributed by atoms with Gasteiger partial charge in [-0.1, -0.05) is 12.1 Å². The summed E-state index contributed by atoms with van der Waals surface area (Å²) in [6.45, 7) is 5.60. The number of nitrogens with one attached hydrogen (secondary N) is 1. The molecule has 134 valence electrons. The maximum absolute atomic E-state index is 12.9. The molecule has 1 saturated heterocycles. The molecule has 5 nitrogen and oxygen atoms in total. The summed E-state index contributed by atoms with van der Waals surface area (Å²) in [6.07, 6.45) is 1.44. The number of aliphatic hydroxyl groups excluding tert-OH is 1. The monoisotopic (exact) mass is 338 g/mol. The highest BCUT2D eigenvalue weighted by Gasteiger charge is 2.24. The summed E-state index contributed by atoms with van der Waals surface area (Å²) < 4.78 is 17.9. The molecule has 1 fully saturated rings. The summed E-state index contributed by atoms with van der Waals surface area (Å²) in [7, 11) is 0. The van der Waals surface area contributed by atoms with Crippen LogP contribution in [0.3, 0.4) is 0 Å². The van der Waals surface area contributed by atoms with Gasteiger partial charge in [-0.2, -0.15) is 0 Å². The number of carbonyl (C=O) groups is 1. The van der Waals surface area contributed by atoms with Crippen LogP contribution in [0.1, 0.15) is 44.8 Å². The normalized spacial score (nSPS) is 18.2. The van der Waals surface area contributed by atoms with E-state index in [1.54, 1.807) is 24.0 Å². The van der Waals surface area contributed by atoms with E-state index in [1.165, 1.54) is 12.1 Å². The van der Waals surface area contributed by atoms with Crippen LogP contribution in [0.2, 0.25) is 0 Å². The lowest BCUT2D eigenvalue weighted by atomic mass is 10.00. The van der Waals surface area contributed by atoms with Crippen LogP contribution in [0.15, 0.2) is 24.3 Å². The van der Waals surface area contributed by atoms with E-state index >= 15 is 0 Å². The third-order valence-corrected chi connectivity index (χ3v) is 4.37. The number of ether oxygens (including phenoxy) is 1. The van der Waals surface area contributed by atoms with Crippen LogP contribution in [0.5, 0.6) is 0 Å². The Hall–Kier alpha value is -1.66. The summed E-state index contributed by atoms with van der Waals surface area (Å²) in [5.41, 5.74) is 0.724. The highest BCUT2D eigenvalue weighted by atomic mass is 19.1. The van der Waals surface area contributed by atoms with Crippen molar-refractivity contribution in [1.29, 1.82) is 0 Å². The maximum atomic E-state index is 12.9. The molecule has 1 aromatic rings. The molecule has 2 rings (SSSR count). The Morgan fingerprint density at radius 1 is 1.38 bits per heavy atom. The molecule has 0 aromatic heterocycles. The maximum Gasteiger partial charge on any atom is 0.409 e. The van der Waals surface area contributed by atoms with Gasteiger partial charge in [0, 0.05) is 25.2 Å². The van der Waals surface area contributed by atoms with Crippen molar-refractivity contribution in [3.05, 3.63) is 35.6 Å². The second-order valence-corrected chi connectivity index (χ2v) is 6.33. The first kappa shape index (κ1) is 18.7. The number of carbonyl (C=O) groups excluding carboxylic acids is 1. The summed E-state index contributed by atoms with van der Waals surface area (Å²) in [5.74, 6) is -0.300. The molecule has 0 saturated carbocycles. The quantitative estimate of drug-likeness (QED) is 0.837. The molecule has 1 aliphatic heterocycles.